The van der Waals surface area contributed by atoms with E-state index >= 15 is 0 Å². The number of carboxylic acid groups (broad SMARTS) is 1. The number of rotatable bonds is 9. The number of ether oxygens (including phenoxy) is 1. The third-order valence-electron chi connectivity index (χ3n) is 5.48. The summed E-state index contributed by atoms with van der Waals surface area (Å²) < 4.78 is 5.93. The summed E-state index contributed by atoms with van der Waals surface area (Å²) in [5.74, 6) is -0.898. The largest absolute Gasteiger partial charge is 0.478 e. The number of carbonyl (C=O) groups is 1. The molecule has 1 aliphatic rings. The summed E-state index contributed by atoms with van der Waals surface area (Å²) >= 11 is 0. The van der Waals surface area contributed by atoms with Gasteiger partial charge >= 0.3 is 5.97 Å². The predicted molar refractivity (Wildman–Crippen MR) is 116 cm³/mol. The van der Waals surface area contributed by atoms with Gasteiger partial charge in [-0.1, -0.05) is 24.3 Å². The Morgan fingerprint density at radius 2 is 1.79 bits per heavy atom. The van der Waals surface area contributed by atoms with Gasteiger partial charge in [0.1, 0.15) is 0 Å². The van der Waals surface area contributed by atoms with Crippen molar-refractivity contribution < 1.29 is 14.6 Å². The molecule has 5 nitrogen and oxygen atoms in total. The lowest BCUT2D eigenvalue weighted by Gasteiger charge is -2.32. The van der Waals surface area contributed by atoms with Gasteiger partial charge in [0.2, 0.25) is 0 Å². The number of nitrogens with zero attached hydrogens (tertiary/aromatic N) is 1. The molecule has 1 heterocycles. The van der Waals surface area contributed by atoms with Crippen LogP contribution in [0.4, 0.5) is 5.69 Å². The SMILES string of the molecule is CC(C)N(Cc1ccc(NCc2ccc(C(=O)O)cc2)cc1)CC1CCCCO1. The van der Waals surface area contributed by atoms with Crippen LogP contribution in [0.3, 0.4) is 0 Å². The van der Waals surface area contributed by atoms with Crippen LogP contribution in [0.15, 0.2) is 48.5 Å². The zero-order valence-corrected chi connectivity index (χ0v) is 17.4. The minimum atomic E-state index is -0.898. The molecule has 2 aromatic carbocycles. The Balaban J connectivity index is 1.52. The predicted octanol–water partition coefficient (Wildman–Crippen LogP) is 4.78. The van der Waals surface area contributed by atoms with Crippen LogP contribution in [0, 0.1) is 0 Å². The summed E-state index contributed by atoms with van der Waals surface area (Å²) in [5.41, 5.74) is 3.72. The Bertz CT molecular complexity index is 766. The van der Waals surface area contributed by atoms with E-state index in [-0.39, 0.29) is 0 Å². The highest BCUT2D eigenvalue weighted by molar-refractivity contribution is 5.87. The van der Waals surface area contributed by atoms with Crippen molar-refractivity contribution in [2.75, 3.05) is 18.5 Å². The highest BCUT2D eigenvalue weighted by atomic mass is 16.5. The van der Waals surface area contributed by atoms with E-state index in [1.165, 1.54) is 24.8 Å². The van der Waals surface area contributed by atoms with Crippen molar-refractivity contribution in [3.63, 3.8) is 0 Å². The molecule has 0 spiro atoms. The summed E-state index contributed by atoms with van der Waals surface area (Å²) in [6, 6.07) is 16.0. The summed E-state index contributed by atoms with van der Waals surface area (Å²) in [7, 11) is 0. The average molecular weight is 397 g/mol. The monoisotopic (exact) mass is 396 g/mol. The molecule has 1 atom stereocenters. The summed E-state index contributed by atoms with van der Waals surface area (Å²) in [5, 5.41) is 12.4. The first-order valence-electron chi connectivity index (χ1n) is 10.5. The summed E-state index contributed by atoms with van der Waals surface area (Å²) in [4.78, 5) is 13.4. The number of hydrogen-bond donors (Lipinski definition) is 2. The van der Waals surface area contributed by atoms with Crippen molar-refractivity contribution in [3.05, 3.63) is 65.2 Å². The van der Waals surface area contributed by atoms with Crippen molar-refractivity contribution in [2.24, 2.45) is 0 Å². The fraction of sp³-hybridized carbons (Fsp3) is 0.458. The van der Waals surface area contributed by atoms with Gasteiger partial charge in [-0.2, -0.15) is 0 Å². The molecule has 3 rings (SSSR count). The fourth-order valence-corrected chi connectivity index (χ4v) is 3.60. The van der Waals surface area contributed by atoms with Crippen LogP contribution in [0.25, 0.3) is 0 Å². The molecule has 5 heteroatoms. The lowest BCUT2D eigenvalue weighted by atomic mass is 10.1. The molecule has 0 aromatic heterocycles. The first-order chi connectivity index (χ1) is 14.0. The second-order valence-electron chi connectivity index (χ2n) is 8.06. The van der Waals surface area contributed by atoms with Crippen molar-refractivity contribution in [3.8, 4) is 0 Å². The number of nitrogens with one attached hydrogen (secondary N) is 1. The number of aromatic carboxylic acids is 1. The van der Waals surface area contributed by atoms with Crippen molar-refractivity contribution in [1.29, 1.82) is 0 Å². The maximum absolute atomic E-state index is 10.9. The van der Waals surface area contributed by atoms with E-state index in [1.54, 1.807) is 12.1 Å². The third-order valence-corrected chi connectivity index (χ3v) is 5.48. The van der Waals surface area contributed by atoms with Crippen LogP contribution in [-0.4, -0.2) is 41.3 Å². The smallest absolute Gasteiger partial charge is 0.335 e. The molecular formula is C24H32N2O3. The molecule has 2 aromatic rings. The zero-order valence-electron chi connectivity index (χ0n) is 17.4. The molecule has 0 amide bonds. The standard InChI is InChI=1S/C24H32N2O3/c1-18(2)26(17-23-5-3-4-14-29-23)16-20-8-12-22(13-9-20)25-15-19-6-10-21(11-7-19)24(27)28/h6-13,18,23,25H,3-5,14-17H2,1-2H3,(H,27,28). The minimum absolute atomic E-state index is 0.312. The maximum atomic E-state index is 10.9. The molecule has 0 aliphatic carbocycles. The van der Waals surface area contributed by atoms with E-state index in [2.05, 4.69) is 48.3 Å². The minimum Gasteiger partial charge on any atom is -0.478 e. The Labute approximate surface area is 173 Å². The van der Waals surface area contributed by atoms with E-state index < -0.39 is 5.97 Å². The zero-order chi connectivity index (χ0) is 20.6. The average Bonchev–Trinajstić information content (AvgIpc) is 2.73. The lowest BCUT2D eigenvalue weighted by molar-refractivity contribution is -0.0129. The van der Waals surface area contributed by atoms with Gasteiger partial charge in [-0.25, -0.2) is 4.79 Å². The molecule has 0 bridgehead atoms. The van der Waals surface area contributed by atoms with E-state index in [1.807, 2.05) is 12.1 Å². The van der Waals surface area contributed by atoms with Gasteiger partial charge in [-0.15, -0.1) is 0 Å². The van der Waals surface area contributed by atoms with Gasteiger partial charge in [0.15, 0.2) is 0 Å². The second-order valence-corrected chi connectivity index (χ2v) is 8.06. The molecule has 1 aliphatic heterocycles. The first-order valence-corrected chi connectivity index (χ1v) is 10.5. The van der Waals surface area contributed by atoms with Crippen LogP contribution in [0.5, 0.6) is 0 Å². The highest BCUT2D eigenvalue weighted by Gasteiger charge is 2.19. The number of carboxylic acids is 1. The van der Waals surface area contributed by atoms with Crippen molar-refractivity contribution in [2.45, 2.75) is 58.3 Å². The molecule has 29 heavy (non-hydrogen) atoms. The Kier molecular flexibility index (Phi) is 7.67. The molecule has 0 saturated carbocycles. The molecule has 2 N–H and O–H groups in total. The van der Waals surface area contributed by atoms with Crippen LogP contribution < -0.4 is 5.32 Å². The van der Waals surface area contributed by atoms with E-state index in [9.17, 15) is 4.79 Å². The van der Waals surface area contributed by atoms with Gasteiger partial charge in [-0.3, -0.25) is 4.90 Å². The molecule has 1 fully saturated rings. The Morgan fingerprint density at radius 3 is 2.38 bits per heavy atom. The van der Waals surface area contributed by atoms with Crippen LogP contribution in [0.1, 0.15) is 54.6 Å². The van der Waals surface area contributed by atoms with Gasteiger partial charge < -0.3 is 15.2 Å². The normalized spacial score (nSPS) is 16.9. The molecule has 0 radical (unpaired) electrons. The molecule has 1 saturated heterocycles. The van der Waals surface area contributed by atoms with Crippen LogP contribution in [-0.2, 0) is 17.8 Å². The summed E-state index contributed by atoms with van der Waals surface area (Å²) in [6.07, 6.45) is 3.99. The number of hydrogen-bond acceptors (Lipinski definition) is 4. The Hall–Kier alpha value is -2.37. The van der Waals surface area contributed by atoms with E-state index in [0.29, 0.717) is 24.3 Å². The fourth-order valence-electron chi connectivity index (χ4n) is 3.60. The molecule has 1 unspecified atom stereocenters. The highest BCUT2D eigenvalue weighted by Crippen LogP contribution is 2.18. The molecular weight excluding hydrogens is 364 g/mol. The van der Waals surface area contributed by atoms with Gasteiger partial charge in [0.05, 0.1) is 11.7 Å². The van der Waals surface area contributed by atoms with E-state index in [0.717, 1.165) is 30.9 Å². The number of anilines is 1. The quantitative estimate of drug-likeness (QED) is 0.639. The molecule has 156 valence electrons. The summed E-state index contributed by atoms with van der Waals surface area (Å²) in [6.45, 7) is 7.97. The van der Waals surface area contributed by atoms with Crippen LogP contribution in [0.2, 0.25) is 0 Å². The van der Waals surface area contributed by atoms with Crippen molar-refractivity contribution >= 4 is 11.7 Å². The number of benzene rings is 2. The van der Waals surface area contributed by atoms with Gasteiger partial charge in [0.25, 0.3) is 0 Å². The van der Waals surface area contributed by atoms with Crippen LogP contribution >= 0.6 is 0 Å². The maximum Gasteiger partial charge on any atom is 0.335 e. The Morgan fingerprint density at radius 1 is 1.10 bits per heavy atom. The third kappa shape index (κ3) is 6.58. The van der Waals surface area contributed by atoms with Gasteiger partial charge in [-0.05, 0) is 68.5 Å². The van der Waals surface area contributed by atoms with Gasteiger partial charge in [0, 0.05) is 38.0 Å². The van der Waals surface area contributed by atoms with Crippen molar-refractivity contribution in [1.82, 2.24) is 4.90 Å². The second kappa shape index (κ2) is 10.4. The lowest BCUT2D eigenvalue weighted by Crippen LogP contribution is -2.39. The first kappa shape index (κ1) is 21.3. The van der Waals surface area contributed by atoms with E-state index in [4.69, 9.17) is 9.84 Å². The topological polar surface area (TPSA) is 61.8 Å².